The van der Waals surface area contributed by atoms with Crippen molar-refractivity contribution in [2.75, 3.05) is 66.3 Å². The molecule has 4 aliphatic rings. The number of aliphatic imine (C=N–C) groups is 1. The Balaban J connectivity index is 0.00000540. The van der Waals surface area contributed by atoms with Crippen LogP contribution in [-0.4, -0.2) is 154 Å². The van der Waals surface area contributed by atoms with Crippen molar-refractivity contribution < 1.29 is 232 Å². The average Bonchev–Trinajstić information content (AvgIpc) is 1.65. The van der Waals surface area contributed by atoms with Crippen LogP contribution in [-0.2, 0) is 71.0 Å². The van der Waals surface area contributed by atoms with Crippen molar-refractivity contribution >= 4 is 113 Å². The van der Waals surface area contributed by atoms with E-state index in [9.17, 15) is 79.5 Å². The van der Waals surface area contributed by atoms with E-state index in [1.165, 1.54) is 6.07 Å². The largest absolute Gasteiger partial charge is 1.00 e. The number of benzene rings is 3. The van der Waals surface area contributed by atoms with Gasteiger partial charge < -0.3 is 42.7 Å². The van der Waals surface area contributed by atoms with Gasteiger partial charge >= 0.3 is 148 Å². The Morgan fingerprint density at radius 2 is 1.26 bits per heavy atom. The van der Waals surface area contributed by atoms with E-state index in [0.717, 1.165) is 39.8 Å². The molecule has 23 nitrogen and oxygen atoms in total. The molecule has 34 heteroatoms. The minimum atomic E-state index is -5.31. The molecule has 0 saturated carbocycles. The number of allylic oxidation sites excluding steroid dienone is 8. The molecule has 0 radical (unpaired) electrons. The Bertz CT molecular complexity index is 3930. The van der Waals surface area contributed by atoms with Crippen LogP contribution >= 0.6 is 11.6 Å². The number of anilines is 2. The molecular formula is C55H63ClN5Na5O18S5. The van der Waals surface area contributed by atoms with Crippen molar-refractivity contribution in [3.05, 3.63) is 112 Å². The van der Waals surface area contributed by atoms with E-state index < -0.39 is 106 Å². The summed E-state index contributed by atoms with van der Waals surface area (Å²) in [6.45, 7) is 7.88. The minimum absolute atomic E-state index is 0. The molecule has 0 aromatic heterocycles. The van der Waals surface area contributed by atoms with E-state index >= 15 is 0 Å². The summed E-state index contributed by atoms with van der Waals surface area (Å²) >= 11 is 7.29. The van der Waals surface area contributed by atoms with Crippen LogP contribution in [0.1, 0.15) is 103 Å². The van der Waals surface area contributed by atoms with Crippen LogP contribution in [0.2, 0.25) is 0 Å². The van der Waals surface area contributed by atoms with Gasteiger partial charge in [-0.25, -0.2) is 42.1 Å². The molecule has 3 aliphatic heterocycles. The molecule has 3 heterocycles. The van der Waals surface area contributed by atoms with Crippen molar-refractivity contribution in [2.45, 2.75) is 113 Å². The number of amides is 2. The third-order valence-corrected chi connectivity index (χ3v) is 19.8. The minimum Gasteiger partial charge on any atom is -0.862 e. The first-order chi connectivity index (χ1) is 39.0. The second-order valence-electron chi connectivity index (χ2n) is 21.9. The summed E-state index contributed by atoms with van der Waals surface area (Å²) in [5, 5.41) is 13.1. The van der Waals surface area contributed by atoms with Gasteiger partial charge in [-0.3, -0.25) is 14.5 Å². The maximum absolute atomic E-state index is 12.7. The first-order valence-corrected chi connectivity index (χ1v) is 34.8. The number of carbonyl (C=O) groups is 2. The quantitative estimate of drug-likeness (QED) is 0.0130. The van der Waals surface area contributed by atoms with Crippen molar-refractivity contribution in [3.8, 4) is 0 Å². The first kappa shape index (κ1) is 84.4. The molecular weight excluding hydrogens is 1330 g/mol. The second-order valence-corrected chi connectivity index (χ2v) is 29.6. The normalized spacial score (nSPS) is 17.6. The van der Waals surface area contributed by atoms with Gasteiger partial charge in [0.1, 0.15) is 26.8 Å². The van der Waals surface area contributed by atoms with Crippen LogP contribution < -0.4 is 163 Å². The number of hydrogen-bond acceptors (Lipinski definition) is 21. The third kappa shape index (κ3) is 22.2. The SMILES string of the molecule is CC1(C)C(/C=C/C2=C(Cl)C(=C/C=C3/N(CCCS(=O)(=O)[O-])c4ccc(N(CCCS(=O)(=O)[O-])CCCS(=O)(=O)[O-])cc4C3(C)C)/CCC2)=[N+](CCCCCC([O-])=NCCN2C(=O)C=CC2=O)c2ccc3c(S(=O)(=O)[O-])cc(S(=O)(=O)[O-])cc3c21.[Na+].[Na+].[Na+].[Na+].[Na+]. The summed E-state index contributed by atoms with van der Waals surface area (Å²) in [5.74, 6) is -3.39. The average molecular weight is 1390 g/mol. The van der Waals surface area contributed by atoms with Gasteiger partial charge in [0.15, 0.2) is 5.71 Å². The topological polar surface area (TPSA) is 368 Å². The molecule has 2 amide bonds. The predicted octanol–water partition coefficient (Wildman–Crippen LogP) is -10.3. The van der Waals surface area contributed by atoms with Gasteiger partial charge in [-0.05, 0) is 142 Å². The van der Waals surface area contributed by atoms with Crippen LogP contribution in [0.4, 0.5) is 17.1 Å². The Morgan fingerprint density at radius 1 is 0.663 bits per heavy atom. The standard InChI is InChI=1S/C55H68ClN5O18S5.5Na/c1-54(2)43-34-39(58(26-9-31-80(65,66)67)27-10-32-81(68,69)70)17-19-44(43)59(29-11-33-82(71,72)73)47(54)21-15-37-12-8-13-38(53(37)56)16-22-48-55(3,4)52-42-35-40(83(74,75)76)36-46(84(77,78)79)41(42)18-20-45(52)60(48)28-7-5-6-14-49(62)57-25-30-61-50(63)23-24-51(61)64;;;;;/h15-24,34-36H,5-14,25-33H2,1-4H3,(H5-,57,62,65,66,67,68,69,70,71,72,73,74,75,76,77,78,79);;;;;/q;5*+1/p-5. The van der Waals surface area contributed by atoms with Gasteiger partial charge in [0, 0.05) is 113 Å². The predicted molar refractivity (Wildman–Crippen MR) is 308 cm³/mol. The first-order valence-electron chi connectivity index (χ1n) is 26.9. The zero-order valence-corrected chi connectivity index (χ0v) is 66.3. The van der Waals surface area contributed by atoms with E-state index in [1.807, 2.05) is 67.5 Å². The Hall–Kier alpha value is -0.660. The number of halogens is 1. The van der Waals surface area contributed by atoms with Crippen LogP contribution in [0.3, 0.4) is 0 Å². The second kappa shape index (κ2) is 34.5. The maximum atomic E-state index is 12.7. The fourth-order valence-electron chi connectivity index (χ4n) is 11.3. The zero-order chi connectivity index (χ0) is 62.0. The van der Waals surface area contributed by atoms with E-state index in [-0.39, 0.29) is 217 Å². The summed E-state index contributed by atoms with van der Waals surface area (Å²) < 4.78 is 182. The van der Waals surface area contributed by atoms with Crippen molar-refractivity contribution in [1.29, 1.82) is 0 Å². The van der Waals surface area contributed by atoms with Crippen molar-refractivity contribution in [3.63, 3.8) is 0 Å². The summed E-state index contributed by atoms with van der Waals surface area (Å²) in [6.07, 6.45) is 12.7. The molecule has 7 rings (SSSR count). The Morgan fingerprint density at radius 3 is 1.83 bits per heavy atom. The van der Waals surface area contributed by atoms with Crippen LogP contribution in [0.15, 0.2) is 116 Å². The molecule has 0 fully saturated rings. The summed E-state index contributed by atoms with van der Waals surface area (Å²) in [6, 6.07) is 9.92. The van der Waals surface area contributed by atoms with Gasteiger partial charge in [-0.1, -0.05) is 37.6 Å². The third-order valence-electron chi connectivity index (χ3n) is 15.2. The molecule has 0 saturated heterocycles. The Labute approximate surface area is 637 Å². The number of imide groups is 1. The molecule has 89 heavy (non-hydrogen) atoms. The van der Waals surface area contributed by atoms with Gasteiger partial charge in [0.25, 0.3) is 11.8 Å². The van der Waals surface area contributed by atoms with Gasteiger partial charge in [0.05, 0.1) is 52.1 Å². The van der Waals surface area contributed by atoms with Crippen LogP contribution in [0, 0.1) is 0 Å². The van der Waals surface area contributed by atoms with E-state index in [1.54, 1.807) is 23.1 Å². The summed E-state index contributed by atoms with van der Waals surface area (Å²) in [4.78, 5) is 30.5. The molecule has 3 aromatic rings. The van der Waals surface area contributed by atoms with Crippen molar-refractivity contribution in [1.82, 2.24) is 4.90 Å². The number of unbranched alkanes of at least 4 members (excludes halogenated alkanes) is 2. The molecule has 0 bridgehead atoms. The molecule has 1 aliphatic carbocycles. The zero-order valence-electron chi connectivity index (χ0n) is 51.4. The van der Waals surface area contributed by atoms with E-state index in [4.69, 9.17) is 11.6 Å². The maximum Gasteiger partial charge on any atom is 1.00 e. The number of fused-ring (bicyclic) bond motifs is 4. The number of nitrogens with zero attached hydrogens (tertiary/aromatic N) is 5. The van der Waals surface area contributed by atoms with Gasteiger partial charge in [-0.2, -0.15) is 4.58 Å². The van der Waals surface area contributed by atoms with E-state index in [2.05, 4.69) is 4.99 Å². The number of rotatable bonds is 27. The van der Waals surface area contributed by atoms with Crippen molar-refractivity contribution in [2.24, 2.45) is 4.99 Å². The monoisotopic (exact) mass is 1390 g/mol. The fourth-order valence-corrected chi connectivity index (χ4v) is 14.3. The number of hydrogen-bond donors (Lipinski definition) is 0. The molecule has 0 atom stereocenters. The molecule has 0 N–H and O–H groups in total. The summed E-state index contributed by atoms with van der Waals surface area (Å²) in [7, 11) is -24.3. The molecule has 0 spiro atoms. The summed E-state index contributed by atoms with van der Waals surface area (Å²) in [5.41, 5.74) is 3.80. The molecule has 3 aromatic carbocycles. The molecule has 458 valence electrons. The van der Waals surface area contributed by atoms with Gasteiger partial charge in [0.2, 0.25) is 5.69 Å². The fraction of sp³-hybridized carbons (Fsp3) is 0.455. The van der Waals surface area contributed by atoms with Gasteiger partial charge in [-0.15, -0.1) is 0 Å². The van der Waals surface area contributed by atoms with E-state index in [0.29, 0.717) is 90.2 Å². The Kier molecular flexibility index (Phi) is 32.7. The smallest absolute Gasteiger partial charge is 0.862 e. The van der Waals surface area contributed by atoms with Crippen LogP contribution in [0.25, 0.3) is 10.8 Å². The van der Waals surface area contributed by atoms with Crippen LogP contribution in [0.5, 0.6) is 0 Å². The number of carbonyl (C=O) groups excluding carboxylic acids is 2. The molecule has 0 unspecified atom stereocenters.